The highest BCUT2D eigenvalue weighted by molar-refractivity contribution is 5.27. The Morgan fingerprint density at radius 3 is 2.22 bits per heavy atom. The van der Waals surface area contributed by atoms with Gasteiger partial charge >= 0.3 is 0 Å². The van der Waals surface area contributed by atoms with E-state index in [2.05, 4.69) is 30.9 Å². The molecule has 0 saturated carbocycles. The van der Waals surface area contributed by atoms with Gasteiger partial charge in [0.2, 0.25) is 0 Å². The number of benzene rings is 1. The van der Waals surface area contributed by atoms with Gasteiger partial charge in [0, 0.05) is 19.1 Å². The Kier molecular flexibility index (Phi) is 6.76. The molecule has 0 fully saturated rings. The Balaban J connectivity index is 2.69. The largest absolute Gasteiger partial charge is 0.497 e. The molecule has 0 aromatic heterocycles. The molecular weight excluding hydrogens is 226 g/mol. The minimum Gasteiger partial charge on any atom is -0.497 e. The van der Waals surface area contributed by atoms with Crippen LogP contribution in [0.15, 0.2) is 24.3 Å². The Morgan fingerprint density at radius 1 is 1.17 bits per heavy atom. The van der Waals surface area contributed by atoms with Crippen molar-refractivity contribution in [2.24, 2.45) is 0 Å². The molecule has 0 bridgehead atoms. The van der Waals surface area contributed by atoms with E-state index in [1.807, 2.05) is 12.1 Å². The number of rotatable bonds is 8. The summed E-state index contributed by atoms with van der Waals surface area (Å²) >= 11 is 0. The third-order valence-corrected chi connectivity index (χ3v) is 3.39. The van der Waals surface area contributed by atoms with Gasteiger partial charge in [0.25, 0.3) is 0 Å². The quantitative estimate of drug-likeness (QED) is 0.771. The first-order valence-corrected chi connectivity index (χ1v) is 6.72. The van der Waals surface area contributed by atoms with Crippen molar-refractivity contribution in [3.8, 4) is 5.75 Å². The molecule has 0 unspecified atom stereocenters. The van der Waals surface area contributed by atoms with Gasteiger partial charge in [-0.2, -0.15) is 0 Å². The Hall–Kier alpha value is -1.06. The van der Waals surface area contributed by atoms with Crippen LogP contribution in [0, 0.1) is 0 Å². The smallest absolute Gasteiger partial charge is 0.118 e. The first-order chi connectivity index (χ1) is 8.74. The summed E-state index contributed by atoms with van der Waals surface area (Å²) in [5, 5.41) is 9.18. The van der Waals surface area contributed by atoms with Crippen molar-refractivity contribution in [2.75, 3.05) is 20.3 Å². The third-order valence-electron chi connectivity index (χ3n) is 3.39. The number of aliphatic hydroxyl groups is 1. The van der Waals surface area contributed by atoms with Crippen LogP contribution in [0.2, 0.25) is 0 Å². The average molecular weight is 251 g/mol. The first kappa shape index (κ1) is 15.0. The molecule has 3 nitrogen and oxygen atoms in total. The zero-order chi connectivity index (χ0) is 13.4. The van der Waals surface area contributed by atoms with Crippen LogP contribution in [0.5, 0.6) is 5.75 Å². The second-order valence-electron chi connectivity index (χ2n) is 4.51. The molecule has 102 valence electrons. The topological polar surface area (TPSA) is 32.7 Å². The maximum Gasteiger partial charge on any atom is 0.118 e. The van der Waals surface area contributed by atoms with E-state index in [1.165, 1.54) is 5.56 Å². The number of nitrogens with zero attached hydrogens (tertiary/aromatic N) is 1. The van der Waals surface area contributed by atoms with E-state index in [-0.39, 0.29) is 6.61 Å². The monoisotopic (exact) mass is 251 g/mol. The molecule has 1 aromatic rings. The number of hydrogen-bond acceptors (Lipinski definition) is 3. The van der Waals surface area contributed by atoms with Gasteiger partial charge in [-0.3, -0.25) is 4.90 Å². The summed E-state index contributed by atoms with van der Waals surface area (Å²) < 4.78 is 5.16. The second-order valence-corrected chi connectivity index (χ2v) is 4.51. The zero-order valence-electron chi connectivity index (χ0n) is 11.7. The van der Waals surface area contributed by atoms with Gasteiger partial charge in [-0.25, -0.2) is 0 Å². The third kappa shape index (κ3) is 4.31. The van der Waals surface area contributed by atoms with Crippen molar-refractivity contribution in [2.45, 2.75) is 39.3 Å². The summed E-state index contributed by atoms with van der Waals surface area (Å²) in [4.78, 5) is 2.35. The Morgan fingerprint density at radius 2 is 1.78 bits per heavy atom. The van der Waals surface area contributed by atoms with Crippen molar-refractivity contribution >= 4 is 0 Å². The number of hydrogen-bond donors (Lipinski definition) is 1. The fraction of sp³-hybridized carbons (Fsp3) is 0.600. The highest BCUT2D eigenvalue weighted by Crippen LogP contribution is 2.16. The molecule has 0 amide bonds. The van der Waals surface area contributed by atoms with Crippen molar-refractivity contribution in [1.29, 1.82) is 0 Å². The van der Waals surface area contributed by atoms with E-state index in [0.717, 1.165) is 31.7 Å². The fourth-order valence-corrected chi connectivity index (χ4v) is 2.29. The van der Waals surface area contributed by atoms with Crippen LogP contribution in [0.1, 0.15) is 32.3 Å². The zero-order valence-corrected chi connectivity index (χ0v) is 11.7. The predicted molar refractivity (Wildman–Crippen MR) is 74.9 cm³/mol. The van der Waals surface area contributed by atoms with Crippen LogP contribution < -0.4 is 4.74 Å². The Bertz CT molecular complexity index is 320. The van der Waals surface area contributed by atoms with Crippen molar-refractivity contribution in [3.63, 3.8) is 0 Å². The Labute approximate surface area is 110 Å². The second kappa shape index (κ2) is 8.11. The summed E-state index contributed by atoms with van der Waals surface area (Å²) in [6.07, 6.45) is 2.24. The molecule has 3 heteroatoms. The summed E-state index contributed by atoms with van der Waals surface area (Å²) in [5.41, 5.74) is 1.26. The molecule has 0 aliphatic heterocycles. The van der Waals surface area contributed by atoms with Gasteiger partial charge in [0.15, 0.2) is 0 Å². The SMILES string of the molecule is CCC(CC)N(CCO)Cc1ccc(OC)cc1. The number of ether oxygens (including phenoxy) is 1. The number of methoxy groups -OCH3 is 1. The van der Waals surface area contributed by atoms with Crippen molar-refractivity contribution in [3.05, 3.63) is 29.8 Å². The van der Waals surface area contributed by atoms with Crippen LogP contribution in [0.3, 0.4) is 0 Å². The van der Waals surface area contributed by atoms with E-state index >= 15 is 0 Å². The van der Waals surface area contributed by atoms with Gasteiger partial charge in [-0.05, 0) is 30.5 Å². The van der Waals surface area contributed by atoms with Crippen molar-refractivity contribution < 1.29 is 9.84 Å². The van der Waals surface area contributed by atoms with Gasteiger partial charge in [0.05, 0.1) is 13.7 Å². The molecule has 0 spiro atoms. The summed E-state index contributed by atoms with van der Waals surface area (Å²) in [6.45, 7) is 6.24. The standard InChI is InChI=1S/C15H25NO2/c1-4-14(5-2)16(10-11-17)12-13-6-8-15(18-3)9-7-13/h6-9,14,17H,4-5,10-12H2,1-3H3. The van der Waals surface area contributed by atoms with E-state index in [1.54, 1.807) is 7.11 Å². The van der Waals surface area contributed by atoms with E-state index in [0.29, 0.717) is 6.04 Å². The van der Waals surface area contributed by atoms with Gasteiger partial charge in [0.1, 0.15) is 5.75 Å². The van der Waals surface area contributed by atoms with Crippen LogP contribution in [-0.2, 0) is 6.54 Å². The summed E-state index contributed by atoms with van der Waals surface area (Å²) in [6, 6.07) is 8.69. The lowest BCUT2D eigenvalue weighted by Gasteiger charge is -2.29. The van der Waals surface area contributed by atoms with Gasteiger partial charge in [-0.1, -0.05) is 26.0 Å². The molecule has 0 radical (unpaired) electrons. The summed E-state index contributed by atoms with van der Waals surface area (Å²) in [7, 11) is 1.68. The van der Waals surface area contributed by atoms with E-state index < -0.39 is 0 Å². The fourth-order valence-electron chi connectivity index (χ4n) is 2.29. The molecule has 0 aliphatic carbocycles. The molecule has 0 aliphatic rings. The lowest BCUT2D eigenvalue weighted by Crippen LogP contribution is -2.36. The molecule has 18 heavy (non-hydrogen) atoms. The minimum absolute atomic E-state index is 0.215. The molecular formula is C15H25NO2. The summed E-state index contributed by atoms with van der Waals surface area (Å²) in [5.74, 6) is 0.884. The lowest BCUT2D eigenvalue weighted by atomic mass is 10.1. The molecule has 1 rings (SSSR count). The van der Waals surface area contributed by atoms with Gasteiger partial charge in [-0.15, -0.1) is 0 Å². The molecule has 1 N–H and O–H groups in total. The molecule has 1 aromatic carbocycles. The van der Waals surface area contributed by atoms with Crippen LogP contribution in [0.4, 0.5) is 0 Å². The normalized spacial score (nSPS) is 11.2. The van der Waals surface area contributed by atoms with Crippen LogP contribution >= 0.6 is 0 Å². The molecule has 0 atom stereocenters. The minimum atomic E-state index is 0.215. The maximum atomic E-state index is 9.18. The first-order valence-electron chi connectivity index (χ1n) is 6.72. The highest BCUT2D eigenvalue weighted by Gasteiger charge is 2.14. The van der Waals surface area contributed by atoms with Crippen LogP contribution in [-0.4, -0.2) is 36.3 Å². The average Bonchev–Trinajstić information content (AvgIpc) is 2.41. The van der Waals surface area contributed by atoms with E-state index in [9.17, 15) is 5.11 Å². The molecule has 0 saturated heterocycles. The van der Waals surface area contributed by atoms with Crippen molar-refractivity contribution in [1.82, 2.24) is 4.90 Å². The molecule has 0 heterocycles. The highest BCUT2D eigenvalue weighted by atomic mass is 16.5. The number of aliphatic hydroxyl groups excluding tert-OH is 1. The maximum absolute atomic E-state index is 9.18. The predicted octanol–water partition coefficient (Wildman–Crippen LogP) is 2.68. The van der Waals surface area contributed by atoms with Crippen LogP contribution in [0.25, 0.3) is 0 Å². The lowest BCUT2D eigenvalue weighted by molar-refractivity contribution is 0.136. The van der Waals surface area contributed by atoms with E-state index in [4.69, 9.17) is 4.74 Å². The van der Waals surface area contributed by atoms with Gasteiger partial charge < -0.3 is 9.84 Å².